The van der Waals surface area contributed by atoms with Gasteiger partial charge in [-0.05, 0) is 43.5 Å². The van der Waals surface area contributed by atoms with Gasteiger partial charge in [-0.3, -0.25) is 4.79 Å². The summed E-state index contributed by atoms with van der Waals surface area (Å²) < 4.78 is 5.70. The zero-order valence-corrected chi connectivity index (χ0v) is 15.7. The van der Waals surface area contributed by atoms with Gasteiger partial charge in [-0.2, -0.15) is 5.26 Å². The molecule has 0 bridgehead atoms. The molecule has 0 spiro atoms. The Bertz CT molecular complexity index is 959. The largest absolute Gasteiger partial charge is 0.545 e. The first kappa shape index (κ1) is 19.4. The molecule has 6 nitrogen and oxygen atoms in total. The average molecular weight is 377 g/mol. The van der Waals surface area contributed by atoms with Gasteiger partial charge >= 0.3 is 0 Å². The molecule has 0 unspecified atom stereocenters. The van der Waals surface area contributed by atoms with Crippen molar-refractivity contribution in [2.45, 2.75) is 45.1 Å². The minimum absolute atomic E-state index is 0.0224. The Morgan fingerprint density at radius 1 is 1.21 bits per heavy atom. The monoisotopic (exact) mass is 377 g/mol. The number of carboxylic acid groups (broad SMARTS) is 1. The lowest BCUT2D eigenvalue weighted by Gasteiger charge is -2.22. The number of carbonyl (C=O) groups excluding carboxylic acids is 2. The molecule has 0 aliphatic heterocycles. The highest BCUT2D eigenvalue weighted by Gasteiger charge is 2.18. The number of aryl methyl sites for hydroxylation is 1. The highest BCUT2D eigenvalue weighted by atomic mass is 16.4. The molecule has 0 radical (unpaired) electrons. The molecule has 0 atom stereocenters. The van der Waals surface area contributed by atoms with Gasteiger partial charge in [0.15, 0.2) is 0 Å². The fraction of sp³-hybridized carbons (Fsp3) is 0.318. The normalized spacial score (nSPS) is 15.1. The Kier molecular flexibility index (Phi) is 5.95. The highest BCUT2D eigenvalue weighted by molar-refractivity contribution is 6.01. The summed E-state index contributed by atoms with van der Waals surface area (Å²) in [5, 5.41) is 23.5. The SMILES string of the molecule is Cc1ccc(-c2ccc(/C=C(\C#N)C(=O)NC3CCCCC3)o2)cc1C(=O)[O-]. The summed E-state index contributed by atoms with van der Waals surface area (Å²) in [5.41, 5.74) is 1.25. The van der Waals surface area contributed by atoms with Gasteiger partial charge in [0, 0.05) is 23.2 Å². The summed E-state index contributed by atoms with van der Waals surface area (Å²) in [6.45, 7) is 1.69. The van der Waals surface area contributed by atoms with Crippen molar-refractivity contribution in [1.82, 2.24) is 5.32 Å². The lowest BCUT2D eigenvalue weighted by Crippen LogP contribution is -2.36. The van der Waals surface area contributed by atoms with Crippen molar-refractivity contribution in [3.05, 3.63) is 52.8 Å². The molecule has 28 heavy (non-hydrogen) atoms. The molecule has 1 fully saturated rings. The Hall–Kier alpha value is -3.33. The molecule has 1 aliphatic carbocycles. The van der Waals surface area contributed by atoms with Gasteiger partial charge in [0.25, 0.3) is 5.91 Å². The molecule has 1 heterocycles. The maximum atomic E-state index is 12.4. The van der Waals surface area contributed by atoms with Crippen LogP contribution in [0.3, 0.4) is 0 Å². The maximum absolute atomic E-state index is 12.4. The van der Waals surface area contributed by atoms with Gasteiger partial charge in [0.1, 0.15) is 23.2 Å². The molecule has 1 N–H and O–H groups in total. The first-order valence-electron chi connectivity index (χ1n) is 9.33. The summed E-state index contributed by atoms with van der Waals surface area (Å²) in [5.74, 6) is -0.862. The Morgan fingerprint density at radius 2 is 1.96 bits per heavy atom. The summed E-state index contributed by atoms with van der Waals surface area (Å²) >= 11 is 0. The van der Waals surface area contributed by atoms with Crippen LogP contribution in [0.25, 0.3) is 17.4 Å². The molecule has 1 aromatic heterocycles. The first-order valence-corrected chi connectivity index (χ1v) is 9.33. The second-order valence-electron chi connectivity index (χ2n) is 7.00. The molecule has 1 amide bonds. The molecule has 6 heteroatoms. The maximum Gasteiger partial charge on any atom is 0.262 e. The molecular weight excluding hydrogens is 356 g/mol. The second kappa shape index (κ2) is 8.57. The van der Waals surface area contributed by atoms with Crippen LogP contribution in [0.1, 0.15) is 53.8 Å². The standard InChI is InChI=1S/C22H22N2O4/c1-14-7-8-15(12-19(14)22(26)27)20-10-9-18(28-20)11-16(13-23)21(25)24-17-5-3-2-4-6-17/h7-12,17H,2-6H2,1H3,(H,24,25)(H,26,27)/p-1/b16-11+. The van der Waals surface area contributed by atoms with Crippen molar-refractivity contribution >= 4 is 18.0 Å². The van der Waals surface area contributed by atoms with Crippen molar-refractivity contribution in [2.75, 3.05) is 0 Å². The molecule has 1 aliphatic rings. The van der Waals surface area contributed by atoms with Crippen LogP contribution in [-0.2, 0) is 4.79 Å². The molecule has 3 rings (SSSR count). The van der Waals surface area contributed by atoms with Crippen LogP contribution in [0.5, 0.6) is 0 Å². The predicted octanol–water partition coefficient (Wildman–Crippen LogP) is 2.97. The number of carbonyl (C=O) groups is 2. The number of hydrogen-bond acceptors (Lipinski definition) is 5. The molecule has 2 aromatic rings. The van der Waals surface area contributed by atoms with E-state index < -0.39 is 11.9 Å². The number of nitrogens with zero attached hydrogens (tertiary/aromatic N) is 1. The van der Waals surface area contributed by atoms with Crippen LogP contribution in [0.4, 0.5) is 0 Å². The van der Waals surface area contributed by atoms with Crippen molar-refractivity contribution in [2.24, 2.45) is 0 Å². The Morgan fingerprint density at radius 3 is 2.64 bits per heavy atom. The predicted molar refractivity (Wildman–Crippen MR) is 102 cm³/mol. The smallest absolute Gasteiger partial charge is 0.262 e. The lowest BCUT2D eigenvalue weighted by molar-refractivity contribution is -0.255. The van der Waals surface area contributed by atoms with E-state index in [0.29, 0.717) is 22.6 Å². The van der Waals surface area contributed by atoms with E-state index in [9.17, 15) is 20.0 Å². The number of aromatic carboxylic acids is 1. The summed E-state index contributed by atoms with van der Waals surface area (Å²) in [6, 6.07) is 10.3. The summed E-state index contributed by atoms with van der Waals surface area (Å²) in [4.78, 5) is 23.6. The van der Waals surface area contributed by atoms with Crippen LogP contribution in [0.15, 0.2) is 40.3 Å². The van der Waals surface area contributed by atoms with Crippen LogP contribution >= 0.6 is 0 Å². The average Bonchev–Trinajstić information content (AvgIpc) is 3.15. The Balaban J connectivity index is 1.78. The van der Waals surface area contributed by atoms with Gasteiger partial charge in [-0.1, -0.05) is 31.4 Å². The van der Waals surface area contributed by atoms with Crippen LogP contribution in [-0.4, -0.2) is 17.9 Å². The van der Waals surface area contributed by atoms with E-state index in [1.165, 1.54) is 18.6 Å². The minimum atomic E-state index is -1.25. The first-order chi connectivity index (χ1) is 13.5. The van der Waals surface area contributed by atoms with Crippen molar-refractivity contribution < 1.29 is 19.1 Å². The van der Waals surface area contributed by atoms with E-state index >= 15 is 0 Å². The van der Waals surface area contributed by atoms with Crippen LogP contribution in [0, 0.1) is 18.3 Å². The zero-order valence-electron chi connectivity index (χ0n) is 15.7. The van der Waals surface area contributed by atoms with Gasteiger partial charge in [-0.15, -0.1) is 0 Å². The van der Waals surface area contributed by atoms with Crippen LogP contribution < -0.4 is 10.4 Å². The van der Waals surface area contributed by atoms with Crippen molar-refractivity contribution in [1.29, 1.82) is 5.26 Å². The number of hydrogen-bond donors (Lipinski definition) is 1. The number of benzene rings is 1. The van der Waals surface area contributed by atoms with E-state index in [1.54, 1.807) is 31.2 Å². The fourth-order valence-corrected chi connectivity index (χ4v) is 3.38. The molecule has 1 saturated carbocycles. The number of nitrogens with one attached hydrogen (secondary N) is 1. The third-order valence-corrected chi connectivity index (χ3v) is 4.96. The third-order valence-electron chi connectivity index (χ3n) is 4.96. The number of carboxylic acids is 1. The lowest BCUT2D eigenvalue weighted by atomic mass is 9.95. The van der Waals surface area contributed by atoms with Gasteiger partial charge in [-0.25, -0.2) is 0 Å². The molecule has 0 saturated heterocycles. The van der Waals surface area contributed by atoms with E-state index in [0.717, 1.165) is 25.7 Å². The van der Waals surface area contributed by atoms with Crippen molar-refractivity contribution in [3.8, 4) is 17.4 Å². The van der Waals surface area contributed by atoms with Crippen molar-refractivity contribution in [3.63, 3.8) is 0 Å². The van der Waals surface area contributed by atoms with E-state index in [4.69, 9.17) is 4.42 Å². The Labute approximate surface area is 163 Å². The number of nitriles is 1. The topological polar surface area (TPSA) is 106 Å². The second-order valence-corrected chi connectivity index (χ2v) is 7.00. The van der Waals surface area contributed by atoms with E-state index in [1.807, 2.05) is 6.07 Å². The molecular formula is C22H21N2O4-. The van der Waals surface area contributed by atoms with Crippen LogP contribution in [0.2, 0.25) is 0 Å². The van der Waals surface area contributed by atoms with E-state index in [-0.39, 0.29) is 17.2 Å². The number of rotatable bonds is 5. The molecule has 1 aromatic carbocycles. The van der Waals surface area contributed by atoms with Gasteiger partial charge in [0.2, 0.25) is 0 Å². The summed E-state index contributed by atoms with van der Waals surface area (Å²) in [7, 11) is 0. The zero-order chi connectivity index (χ0) is 20.1. The number of furan rings is 1. The fourth-order valence-electron chi connectivity index (χ4n) is 3.38. The number of amides is 1. The minimum Gasteiger partial charge on any atom is -0.545 e. The third kappa shape index (κ3) is 4.49. The summed E-state index contributed by atoms with van der Waals surface area (Å²) in [6.07, 6.45) is 6.62. The van der Waals surface area contributed by atoms with Gasteiger partial charge < -0.3 is 19.6 Å². The molecule has 144 valence electrons. The van der Waals surface area contributed by atoms with Gasteiger partial charge in [0.05, 0.1) is 5.97 Å². The highest BCUT2D eigenvalue weighted by Crippen LogP contribution is 2.26. The quantitative estimate of drug-likeness (QED) is 0.637. The van der Waals surface area contributed by atoms with E-state index in [2.05, 4.69) is 5.32 Å².